The highest BCUT2D eigenvalue weighted by atomic mass is 16.5. The average Bonchev–Trinajstić information content (AvgIpc) is 2.83. The first-order valence-corrected chi connectivity index (χ1v) is 10.3. The van der Waals surface area contributed by atoms with E-state index in [0.717, 1.165) is 33.3 Å². The Bertz CT molecular complexity index is 1280. The Morgan fingerprint density at radius 3 is 2.44 bits per heavy atom. The first-order valence-electron chi connectivity index (χ1n) is 10.3. The summed E-state index contributed by atoms with van der Waals surface area (Å²) in [5.74, 6) is -0.181. The lowest BCUT2D eigenvalue weighted by molar-refractivity contribution is -0.141. The highest BCUT2D eigenvalue weighted by Gasteiger charge is 2.19. The van der Waals surface area contributed by atoms with E-state index in [-0.39, 0.29) is 18.8 Å². The summed E-state index contributed by atoms with van der Waals surface area (Å²) >= 11 is 0. The van der Waals surface area contributed by atoms with Crippen molar-refractivity contribution in [3.8, 4) is 16.9 Å². The number of carbonyl (C=O) groups excluding carboxylic acids is 2. The van der Waals surface area contributed by atoms with Gasteiger partial charge >= 0.3 is 5.97 Å². The van der Waals surface area contributed by atoms with Crippen molar-refractivity contribution in [2.45, 2.75) is 13.3 Å². The van der Waals surface area contributed by atoms with E-state index in [2.05, 4.69) is 4.98 Å². The summed E-state index contributed by atoms with van der Waals surface area (Å²) < 4.78 is 10.5. The number of methoxy groups -OCH3 is 1. The SMILES string of the molecule is COc1cccc(C(=O)COC(=O)Cc2c(C)nc3ccccc3c2-c2ccccc2)c1. The maximum atomic E-state index is 12.7. The molecule has 5 heteroatoms. The number of aromatic nitrogens is 1. The molecular weight excluding hydrogens is 402 g/mol. The molecule has 0 aliphatic heterocycles. The Kier molecular flexibility index (Phi) is 6.26. The molecule has 3 aromatic carbocycles. The van der Waals surface area contributed by atoms with Crippen LogP contribution >= 0.6 is 0 Å². The summed E-state index contributed by atoms with van der Waals surface area (Å²) in [4.78, 5) is 29.9. The highest BCUT2D eigenvalue weighted by Crippen LogP contribution is 2.33. The predicted octanol–water partition coefficient (Wildman–Crippen LogP) is 5.19. The second kappa shape index (κ2) is 9.43. The van der Waals surface area contributed by atoms with Gasteiger partial charge in [0.1, 0.15) is 5.75 Å². The minimum Gasteiger partial charge on any atom is -0.497 e. The maximum absolute atomic E-state index is 12.7. The number of para-hydroxylation sites is 1. The van der Waals surface area contributed by atoms with Crippen LogP contribution in [-0.2, 0) is 16.0 Å². The van der Waals surface area contributed by atoms with Gasteiger partial charge in [-0.15, -0.1) is 0 Å². The number of ether oxygens (including phenoxy) is 2. The van der Waals surface area contributed by atoms with Crippen LogP contribution < -0.4 is 4.74 Å². The number of Topliss-reactive ketones (excluding diaryl/α,β-unsaturated/α-hetero) is 1. The smallest absolute Gasteiger partial charge is 0.310 e. The molecule has 0 saturated carbocycles. The summed E-state index contributed by atoms with van der Waals surface area (Å²) in [5, 5.41) is 0.972. The summed E-state index contributed by atoms with van der Waals surface area (Å²) in [6.45, 7) is 1.57. The van der Waals surface area contributed by atoms with Gasteiger partial charge in [-0.3, -0.25) is 14.6 Å². The summed E-state index contributed by atoms with van der Waals surface area (Å²) in [7, 11) is 1.54. The zero-order chi connectivity index (χ0) is 22.5. The van der Waals surface area contributed by atoms with Gasteiger partial charge in [0.25, 0.3) is 0 Å². The molecule has 0 spiro atoms. The molecule has 0 unspecified atom stereocenters. The number of carbonyl (C=O) groups is 2. The standard InChI is InChI=1S/C27H23NO4/c1-18-23(16-26(30)32-17-25(29)20-11-8-12-21(15-20)31-2)27(19-9-4-3-5-10-19)22-13-6-7-14-24(22)28-18/h3-15H,16-17H2,1-2H3. The van der Waals surface area contributed by atoms with E-state index in [4.69, 9.17) is 9.47 Å². The molecule has 0 bridgehead atoms. The molecule has 0 N–H and O–H groups in total. The van der Waals surface area contributed by atoms with Crippen molar-refractivity contribution in [2.24, 2.45) is 0 Å². The van der Waals surface area contributed by atoms with Gasteiger partial charge in [0.2, 0.25) is 0 Å². The minimum atomic E-state index is -0.474. The highest BCUT2D eigenvalue weighted by molar-refractivity contribution is 5.99. The van der Waals surface area contributed by atoms with E-state index in [9.17, 15) is 9.59 Å². The molecule has 1 aromatic heterocycles. The van der Waals surface area contributed by atoms with Gasteiger partial charge in [0.15, 0.2) is 12.4 Å². The minimum absolute atomic E-state index is 0.0271. The van der Waals surface area contributed by atoms with Crippen LogP contribution in [0.25, 0.3) is 22.0 Å². The number of ketones is 1. The Morgan fingerprint density at radius 1 is 0.906 bits per heavy atom. The molecule has 0 aliphatic rings. The molecule has 4 aromatic rings. The Morgan fingerprint density at radius 2 is 1.66 bits per heavy atom. The molecule has 0 amide bonds. The van der Waals surface area contributed by atoms with Crippen LogP contribution in [-0.4, -0.2) is 30.5 Å². The first kappa shape index (κ1) is 21.2. The van der Waals surface area contributed by atoms with Crippen LogP contribution in [0.2, 0.25) is 0 Å². The number of hydrogen-bond acceptors (Lipinski definition) is 5. The number of aryl methyl sites for hydroxylation is 1. The van der Waals surface area contributed by atoms with E-state index in [1.54, 1.807) is 24.3 Å². The summed E-state index contributed by atoms with van der Waals surface area (Å²) in [6, 6.07) is 24.6. The molecule has 0 fully saturated rings. The molecule has 32 heavy (non-hydrogen) atoms. The number of nitrogens with zero attached hydrogens (tertiary/aromatic N) is 1. The van der Waals surface area contributed by atoms with Gasteiger partial charge in [-0.2, -0.15) is 0 Å². The normalized spacial score (nSPS) is 10.7. The lowest BCUT2D eigenvalue weighted by Gasteiger charge is -2.15. The molecule has 1 heterocycles. The predicted molar refractivity (Wildman–Crippen MR) is 124 cm³/mol. The Hall–Kier alpha value is -3.99. The largest absolute Gasteiger partial charge is 0.497 e. The number of esters is 1. The molecule has 0 saturated heterocycles. The van der Waals surface area contributed by atoms with E-state index < -0.39 is 5.97 Å². The second-order valence-electron chi connectivity index (χ2n) is 7.43. The summed E-state index contributed by atoms with van der Waals surface area (Å²) in [5.41, 5.74) is 4.83. The molecule has 0 atom stereocenters. The van der Waals surface area contributed by atoms with Gasteiger partial charge < -0.3 is 9.47 Å². The van der Waals surface area contributed by atoms with Gasteiger partial charge in [0, 0.05) is 16.6 Å². The topological polar surface area (TPSA) is 65.5 Å². The number of hydrogen-bond donors (Lipinski definition) is 0. The van der Waals surface area contributed by atoms with Crippen molar-refractivity contribution in [2.75, 3.05) is 13.7 Å². The fraction of sp³-hybridized carbons (Fsp3) is 0.148. The zero-order valence-electron chi connectivity index (χ0n) is 18.0. The van der Waals surface area contributed by atoms with Crippen molar-refractivity contribution in [1.82, 2.24) is 4.98 Å². The molecular formula is C27H23NO4. The maximum Gasteiger partial charge on any atom is 0.310 e. The van der Waals surface area contributed by atoms with Gasteiger partial charge in [-0.1, -0.05) is 60.7 Å². The van der Waals surface area contributed by atoms with E-state index in [0.29, 0.717) is 11.3 Å². The van der Waals surface area contributed by atoms with E-state index in [1.807, 2.05) is 61.5 Å². The number of benzene rings is 3. The first-order chi connectivity index (χ1) is 15.6. The lowest BCUT2D eigenvalue weighted by Crippen LogP contribution is -2.17. The number of fused-ring (bicyclic) bond motifs is 1. The van der Waals surface area contributed by atoms with E-state index >= 15 is 0 Å². The van der Waals surface area contributed by atoms with Crippen molar-refractivity contribution in [1.29, 1.82) is 0 Å². The quantitative estimate of drug-likeness (QED) is 0.301. The third-order valence-electron chi connectivity index (χ3n) is 5.34. The van der Waals surface area contributed by atoms with Gasteiger partial charge in [-0.05, 0) is 41.8 Å². The van der Waals surface area contributed by atoms with Crippen LogP contribution in [0.3, 0.4) is 0 Å². The van der Waals surface area contributed by atoms with E-state index in [1.165, 1.54) is 7.11 Å². The van der Waals surface area contributed by atoms with Crippen molar-refractivity contribution in [3.05, 3.63) is 95.7 Å². The Balaban J connectivity index is 1.59. The molecule has 0 aliphatic carbocycles. The fourth-order valence-corrected chi connectivity index (χ4v) is 3.75. The van der Waals surface area contributed by atoms with Crippen molar-refractivity contribution in [3.63, 3.8) is 0 Å². The molecule has 4 rings (SSSR count). The fourth-order valence-electron chi connectivity index (χ4n) is 3.75. The summed E-state index contributed by atoms with van der Waals surface area (Å²) in [6.07, 6.45) is 0.0271. The Labute approximate surface area is 186 Å². The second-order valence-corrected chi connectivity index (χ2v) is 7.43. The average molecular weight is 425 g/mol. The number of pyridine rings is 1. The number of rotatable bonds is 7. The van der Waals surface area contributed by atoms with Crippen LogP contribution in [0.15, 0.2) is 78.9 Å². The van der Waals surface area contributed by atoms with Gasteiger partial charge in [0.05, 0.1) is 19.0 Å². The van der Waals surface area contributed by atoms with Crippen molar-refractivity contribution >= 4 is 22.7 Å². The van der Waals surface area contributed by atoms with Crippen LogP contribution in [0.4, 0.5) is 0 Å². The third kappa shape index (κ3) is 4.52. The monoisotopic (exact) mass is 425 g/mol. The molecule has 0 radical (unpaired) electrons. The van der Waals surface area contributed by atoms with Gasteiger partial charge in [-0.25, -0.2) is 0 Å². The third-order valence-corrected chi connectivity index (χ3v) is 5.34. The lowest BCUT2D eigenvalue weighted by atomic mass is 9.93. The zero-order valence-corrected chi connectivity index (χ0v) is 18.0. The van der Waals surface area contributed by atoms with Crippen LogP contribution in [0.1, 0.15) is 21.6 Å². The van der Waals surface area contributed by atoms with Crippen molar-refractivity contribution < 1.29 is 19.1 Å². The van der Waals surface area contributed by atoms with Crippen LogP contribution in [0, 0.1) is 6.92 Å². The molecule has 160 valence electrons. The van der Waals surface area contributed by atoms with Crippen LogP contribution in [0.5, 0.6) is 5.75 Å². The molecule has 5 nitrogen and oxygen atoms in total.